The standard InChI is InChI=1S/C9H11FO2S2/c1-13-6-7-14(11,12)9-5-3-2-4-8(9)10/h2-5H,6-7H2,1H3. The fourth-order valence-corrected chi connectivity index (χ4v) is 3.42. The van der Waals surface area contributed by atoms with E-state index in [-0.39, 0.29) is 10.6 Å². The number of thioether (sulfide) groups is 1. The second-order valence-electron chi connectivity index (χ2n) is 2.74. The molecule has 0 spiro atoms. The number of halogens is 1. The van der Waals surface area contributed by atoms with Crippen molar-refractivity contribution in [3.63, 3.8) is 0 Å². The Kier molecular flexibility index (Phi) is 3.95. The van der Waals surface area contributed by atoms with Crippen molar-refractivity contribution in [1.29, 1.82) is 0 Å². The summed E-state index contributed by atoms with van der Waals surface area (Å²) in [5.74, 6) is -0.209. The monoisotopic (exact) mass is 234 g/mol. The van der Waals surface area contributed by atoms with Gasteiger partial charge in [0.25, 0.3) is 0 Å². The van der Waals surface area contributed by atoms with Gasteiger partial charge in [0.15, 0.2) is 9.84 Å². The van der Waals surface area contributed by atoms with Crippen molar-refractivity contribution in [2.45, 2.75) is 4.90 Å². The van der Waals surface area contributed by atoms with Gasteiger partial charge in [0.05, 0.1) is 5.75 Å². The van der Waals surface area contributed by atoms with E-state index >= 15 is 0 Å². The topological polar surface area (TPSA) is 34.1 Å². The van der Waals surface area contributed by atoms with E-state index in [1.165, 1.54) is 30.0 Å². The lowest BCUT2D eigenvalue weighted by atomic mass is 10.3. The Morgan fingerprint density at radius 1 is 1.36 bits per heavy atom. The molecule has 0 aromatic heterocycles. The fraction of sp³-hybridized carbons (Fsp3) is 0.333. The van der Waals surface area contributed by atoms with Gasteiger partial charge in [-0.05, 0) is 18.4 Å². The average Bonchev–Trinajstić information content (AvgIpc) is 2.15. The lowest BCUT2D eigenvalue weighted by molar-refractivity contribution is 0.568. The minimum atomic E-state index is -3.45. The molecule has 1 aromatic carbocycles. The van der Waals surface area contributed by atoms with Crippen LogP contribution in [0, 0.1) is 5.82 Å². The van der Waals surface area contributed by atoms with Crippen LogP contribution in [0.25, 0.3) is 0 Å². The summed E-state index contributed by atoms with van der Waals surface area (Å²) in [5, 5.41) is 0. The van der Waals surface area contributed by atoms with Crippen molar-refractivity contribution < 1.29 is 12.8 Å². The van der Waals surface area contributed by atoms with E-state index in [1.54, 1.807) is 0 Å². The molecule has 0 unspecified atom stereocenters. The first kappa shape index (κ1) is 11.5. The molecule has 78 valence electrons. The summed E-state index contributed by atoms with van der Waals surface area (Å²) in [5.41, 5.74) is 0. The minimum absolute atomic E-state index is 0.0188. The molecule has 1 rings (SSSR count). The molecule has 0 saturated heterocycles. The van der Waals surface area contributed by atoms with Crippen LogP contribution in [-0.2, 0) is 9.84 Å². The molecular weight excluding hydrogens is 223 g/mol. The van der Waals surface area contributed by atoms with Crippen molar-refractivity contribution >= 4 is 21.6 Å². The van der Waals surface area contributed by atoms with Gasteiger partial charge in [-0.25, -0.2) is 12.8 Å². The molecule has 0 N–H and O–H groups in total. The van der Waals surface area contributed by atoms with E-state index in [1.807, 2.05) is 6.26 Å². The van der Waals surface area contributed by atoms with Crippen LogP contribution in [-0.4, -0.2) is 26.2 Å². The quantitative estimate of drug-likeness (QED) is 0.798. The average molecular weight is 234 g/mol. The van der Waals surface area contributed by atoms with Crippen LogP contribution in [0.5, 0.6) is 0 Å². The van der Waals surface area contributed by atoms with E-state index in [4.69, 9.17) is 0 Å². The minimum Gasteiger partial charge on any atom is -0.224 e. The van der Waals surface area contributed by atoms with Crippen LogP contribution in [0.15, 0.2) is 29.2 Å². The van der Waals surface area contributed by atoms with Gasteiger partial charge in [-0.2, -0.15) is 11.8 Å². The third kappa shape index (κ3) is 2.72. The van der Waals surface area contributed by atoms with Gasteiger partial charge in [0.2, 0.25) is 0 Å². The summed E-state index contributed by atoms with van der Waals surface area (Å²) in [6.07, 6.45) is 1.82. The normalized spacial score (nSPS) is 11.6. The molecule has 0 bridgehead atoms. The predicted molar refractivity (Wildman–Crippen MR) is 56.8 cm³/mol. The molecule has 1 aromatic rings. The molecule has 0 aliphatic heterocycles. The number of rotatable bonds is 4. The Hall–Kier alpha value is -0.550. The maximum absolute atomic E-state index is 13.1. The molecule has 0 aliphatic carbocycles. The Bertz CT molecular complexity index is 401. The summed E-state index contributed by atoms with van der Waals surface area (Å²) >= 11 is 1.43. The van der Waals surface area contributed by atoms with Gasteiger partial charge in [0, 0.05) is 5.75 Å². The van der Waals surface area contributed by atoms with Gasteiger partial charge < -0.3 is 0 Å². The molecule has 0 atom stereocenters. The molecule has 2 nitrogen and oxygen atoms in total. The molecule has 0 amide bonds. The first-order chi connectivity index (χ1) is 6.58. The van der Waals surface area contributed by atoms with E-state index in [2.05, 4.69) is 0 Å². The second kappa shape index (κ2) is 4.79. The van der Waals surface area contributed by atoms with Gasteiger partial charge in [-0.15, -0.1) is 0 Å². The molecular formula is C9H11FO2S2. The highest BCUT2D eigenvalue weighted by Gasteiger charge is 2.17. The Morgan fingerprint density at radius 2 is 2.00 bits per heavy atom. The first-order valence-electron chi connectivity index (χ1n) is 4.04. The third-order valence-electron chi connectivity index (χ3n) is 1.73. The molecule has 0 radical (unpaired) electrons. The molecule has 0 saturated carbocycles. The van der Waals surface area contributed by atoms with E-state index in [0.29, 0.717) is 5.75 Å². The maximum atomic E-state index is 13.1. The fourth-order valence-electron chi connectivity index (χ4n) is 1.000. The summed E-state index contributed by atoms with van der Waals surface area (Å²) in [6, 6.07) is 5.45. The van der Waals surface area contributed by atoms with Crippen molar-refractivity contribution in [1.82, 2.24) is 0 Å². The largest absolute Gasteiger partial charge is 0.224 e. The number of sulfone groups is 1. The molecule has 5 heteroatoms. The Morgan fingerprint density at radius 3 is 2.57 bits per heavy atom. The van der Waals surface area contributed by atoms with Crippen LogP contribution in [0.4, 0.5) is 4.39 Å². The number of benzene rings is 1. The van der Waals surface area contributed by atoms with Crippen molar-refractivity contribution in [2.75, 3.05) is 17.8 Å². The SMILES string of the molecule is CSCCS(=O)(=O)c1ccccc1F. The predicted octanol–water partition coefficient (Wildman–Crippen LogP) is 1.96. The van der Waals surface area contributed by atoms with Crippen LogP contribution in [0.3, 0.4) is 0 Å². The highest BCUT2D eigenvalue weighted by molar-refractivity contribution is 8.00. The highest BCUT2D eigenvalue weighted by Crippen LogP contribution is 2.15. The van der Waals surface area contributed by atoms with Crippen LogP contribution in [0.2, 0.25) is 0 Å². The summed E-state index contributed by atoms with van der Waals surface area (Å²) in [6.45, 7) is 0. The highest BCUT2D eigenvalue weighted by atomic mass is 32.2. The maximum Gasteiger partial charge on any atom is 0.182 e. The van der Waals surface area contributed by atoms with E-state index in [9.17, 15) is 12.8 Å². The molecule has 0 aliphatic rings. The van der Waals surface area contributed by atoms with E-state index < -0.39 is 15.7 Å². The second-order valence-corrected chi connectivity index (χ2v) is 5.81. The zero-order chi connectivity index (χ0) is 10.6. The van der Waals surface area contributed by atoms with Gasteiger partial charge >= 0.3 is 0 Å². The summed E-state index contributed by atoms with van der Waals surface area (Å²) < 4.78 is 36.2. The van der Waals surface area contributed by atoms with Gasteiger partial charge in [-0.3, -0.25) is 0 Å². The van der Waals surface area contributed by atoms with Crippen LogP contribution in [0.1, 0.15) is 0 Å². The lowest BCUT2D eigenvalue weighted by Crippen LogP contribution is -2.10. The zero-order valence-electron chi connectivity index (χ0n) is 7.73. The van der Waals surface area contributed by atoms with E-state index in [0.717, 1.165) is 6.07 Å². The summed E-state index contributed by atoms with van der Waals surface area (Å²) in [7, 11) is -3.45. The number of hydrogen-bond acceptors (Lipinski definition) is 3. The summed E-state index contributed by atoms with van der Waals surface area (Å²) in [4.78, 5) is -0.200. The third-order valence-corrected chi connectivity index (χ3v) is 4.34. The molecule has 0 fully saturated rings. The van der Waals surface area contributed by atoms with Crippen LogP contribution >= 0.6 is 11.8 Å². The molecule has 14 heavy (non-hydrogen) atoms. The van der Waals surface area contributed by atoms with Crippen LogP contribution < -0.4 is 0 Å². The van der Waals surface area contributed by atoms with Crippen molar-refractivity contribution in [2.24, 2.45) is 0 Å². The Balaban J connectivity index is 2.99. The molecule has 0 heterocycles. The number of hydrogen-bond donors (Lipinski definition) is 0. The van der Waals surface area contributed by atoms with Crippen molar-refractivity contribution in [3.8, 4) is 0 Å². The lowest BCUT2D eigenvalue weighted by Gasteiger charge is -2.03. The first-order valence-corrected chi connectivity index (χ1v) is 7.09. The van der Waals surface area contributed by atoms with Gasteiger partial charge in [-0.1, -0.05) is 12.1 Å². The smallest absolute Gasteiger partial charge is 0.182 e. The Labute approximate surface area is 87.4 Å². The zero-order valence-corrected chi connectivity index (χ0v) is 9.37. The van der Waals surface area contributed by atoms with Crippen molar-refractivity contribution in [3.05, 3.63) is 30.1 Å². The van der Waals surface area contributed by atoms with Gasteiger partial charge in [0.1, 0.15) is 10.7 Å².